The van der Waals surface area contributed by atoms with Crippen LogP contribution < -0.4 is 10.6 Å². The zero-order valence-electron chi connectivity index (χ0n) is 15.2. The monoisotopic (exact) mass is 428 g/mol. The number of nitrogens with zero attached hydrogens (tertiary/aromatic N) is 1. The Balaban J connectivity index is 1.67. The lowest BCUT2D eigenvalue weighted by atomic mass is 10.1. The molecule has 27 heavy (non-hydrogen) atoms. The van der Waals surface area contributed by atoms with Crippen molar-refractivity contribution in [2.24, 2.45) is 0 Å². The Morgan fingerprint density at radius 2 is 1.70 bits per heavy atom. The minimum Gasteiger partial charge on any atom is -0.361 e. The van der Waals surface area contributed by atoms with E-state index in [1.165, 1.54) is 0 Å². The molecule has 2 aromatic carbocycles. The first-order chi connectivity index (χ1) is 12.9. The molecule has 0 saturated carbocycles. The van der Waals surface area contributed by atoms with Gasteiger partial charge in [0.25, 0.3) is 0 Å². The number of anilines is 2. The maximum absolute atomic E-state index is 12.5. The molecule has 140 valence electrons. The standard InChI is InChI=1S/C20H21BrN4O2/c1-25(2)12-19(27)24-15-6-3-5-14(10-15)23-18(26)9-13-11-22-17-8-4-7-16(21)20(13)17/h3-8,10-11,22H,9,12H2,1-2H3,(H,23,26)(H,24,27). The number of hydrogen-bond acceptors (Lipinski definition) is 3. The predicted octanol–water partition coefficient (Wildman–Crippen LogP) is 3.61. The molecule has 3 aromatic rings. The number of halogens is 1. The number of aromatic nitrogens is 1. The number of nitrogens with one attached hydrogen (secondary N) is 3. The molecule has 3 rings (SSSR count). The van der Waals surface area contributed by atoms with Crippen LogP contribution in [0, 0.1) is 0 Å². The summed E-state index contributed by atoms with van der Waals surface area (Å²) in [5.41, 5.74) is 3.19. The Morgan fingerprint density at radius 3 is 2.41 bits per heavy atom. The van der Waals surface area contributed by atoms with E-state index < -0.39 is 0 Å². The number of carbonyl (C=O) groups is 2. The molecule has 0 atom stereocenters. The van der Waals surface area contributed by atoms with E-state index in [-0.39, 0.29) is 18.2 Å². The molecule has 0 saturated heterocycles. The van der Waals surface area contributed by atoms with Crippen molar-refractivity contribution in [1.82, 2.24) is 9.88 Å². The fourth-order valence-electron chi connectivity index (χ4n) is 2.89. The van der Waals surface area contributed by atoms with Crippen LogP contribution in [-0.4, -0.2) is 42.3 Å². The van der Waals surface area contributed by atoms with Gasteiger partial charge in [-0.05, 0) is 50.0 Å². The first-order valence-electron chi connectivity index (χ1n) is 8.51. The van der Waals surface area contributed by atoms with Gasteiger partial charge < -0.3 is 20.5 Å². The second-order valence-corrected chi connectivity index (χ2v) is 7.42. The van der Waals surface area contributed by atoms with Gasteiger partial charge in [-0.15, -0.1) is 0 Å². The van der Waals surface area contributed by atoms with E-state index in [1.54, 1.807) is 29.2 Å². The van der Waals surface area contributed by atoms with Gasteiger partial charge in [-0.2, -0.15) is 0 Å². The van der Waals surface area contributed by atoms with Crippen LogP contribution in [0.1, 0.15) is 5.56 Å². The van der Waals surface area contributed by atoms with Gasteiger partial charge in [-0.25, -0.2) is 0 Å². The van der Waals surface area contributed by atoms with Gasteiger partial charge in [0, 0.05) is 32.9 Å². The van der Waals surface area contributed by atoms with Crippen molar-refractivity contribution in [3.63, 3.8) is 0 Å². The average Bonchev–Trinajstić information content (AvgIpc) is 2.98. The van der Waals surface area contributed by atoms with Crippen molar-refractivity contribution in [3.05, 3.63) is 58.7 Å². The highest BCUT2D eigenvalue weighted by Crippen LogP contribution is 2.27. The van der Waals surface area contributed by atoms with Gasteiger partial charge in [0.1, 0.15) is 0 Å². The molecule has 7 heteroatoms. The van der Waals surface area contributed by atoms with E-state index in [2.05, 4.69) is 31.5 Å². The Morgan fingerprint density at radius 1 is 1.04 bits per heavy atom. The van der Waals surface area contributed by atoms with Crippen LogP contribution in [0.2, 0.25) is 0 Å². The molecule has 0 fully saturated rings. The van der Waals surface area contributed by atoms with E-state index in [1.807, 2.05) is 38.5 Å². The number of benzene rings is 2. The molecule has 0 aliphatic heterocycles. The summed E-state index contributed by atoms with van der Waals surface area (Å²) >= 11 is 3.54. The lowest BCUT2D eigenvalue weighted by Gasteiger charge is -2.11. The van der Waals surface area contributed by atoms with Gasteiger partial charge in [0.2, 0.25) is 11.8 Å². The topological polar surface area (TPSA) is 77.2 Å². The van der Waals surface area contributed by atoms with E-state index in [4.69, 9.17) is 0 Å². The molecule has 3 N–H and O–H groups in total. The van der Waals surface area contributed by atoms with Crippen LogP contribution in [0.4, 0.5) is 11.4 Å². The fourth-order valence-corrected chi connectivity index (χ4v) is 3.51. The Labute approximate surface area is 166 Å². The second-order valence-electron chi connectivity index (χ2n) is 6.57. The highest BCUT2D eigenvalue weighted by molar-refractivity contribution is 9.10. The number of H-pyrrole nitrogens is 1. The normalized spacial score (nSPS) is 11.0. The van der Waals surface area contributed by atoms with Gasteiger partial charge in [0.15, 0.2) is 0 Å². The molecule has 2 amide bonds. The van der Waals surface area contributed by atoms with Crippen molar-refractivity contribution in [3.8, 4) is 0 Å². The maximum Gasteiger partial charge on any atom is 0.238 e. The van der Waals surface area contributed by atoms with Crippen LogP contribution in [0.25, 0.3) is 10.9 Å². The number of rotatable bonds is 6. The molecule has 0 bridgehead atoms. The molecular weight excluding hydrogens is 408 g/mol. The number of amides is 2. The van der Waals surface area contributed by atoms with E-state index >= 15 is 0 Å². The minimum atomic E-state index is -0.122. The third-order valence-electron chi connectivity index (χ3n) is 3.98. The number of carbonyl (C=O) groups excluding carboxylic acids is 2. The van der Waals surface area contributed by atoms with E-state index in [9.17, 15) is 9.59 Å². The minimum absolute atomic E-state index is 0.105. The smallest absolute Gasteiger partial charge is 0.238 e. The number of likely N-dealkylation sites (N-methyl/N-ethyl adjacent to an activating group) is 1. The highest BCUT2D eigenvalue weighted by atomic mass is 79.9. The Kier molecular flexibility index (Phi) is 5.93. The first-order valence-corrected chi connectivity index (χ1v) is 9.30. The molecule has 0 aliphatic carbocycles. The molecule has 0 spiro atoms. The van der Waals surface area contributed by atoms with Crippen molar-refractivity contribution in [1.29, 1.82) is 0 Å². The summed E-state index contributed by atoms with van der Waals surface area (Å²) in [6, 6.07) is 13.0. The third kappa shape index (κ3) is 4.96. The first kappa shape index (κ1) is 19.1. The molecule has 1 aromatic heterocycles. The lowest BCUT2D eigenvalue weighted by molar-refractivity contribution is -0.117. The maximum atomic E-state index is 12.5. The quantitative estimate of drug-likeness (QED) is 0.560. The summed E-state index contributed by atoms with van der Waals surface area (Å²) in [6.07, 6.45) is 2.10. The summed E-state index contributed by atoms with van der Waals surface area (Å²) in [7, 11) is 3.67. The number of aromatic amines is 1. The zero-order chi connectivity index (χ0) is 19.4. The molecule has 0 radical (unpaired) electrons. The predicted molar refractivity (Wildman–Crippen MR) is 112 cm³/mol. The second kappa shape index (κ2) is 8.37. The van der Waals surface area contributed by atoms with Crippen LogP contribution in [0.5, 0.6) is 0 Å². The SMILES string of the molecule is CN(C)CC(=O)Nc1cccc(NC(=O)Cc2c[nH]c3cccc(Br)c23)c1. The van der Waals surface area contributed by atoms with Crippen molar-refractivity contribution >= 4 is 50.0 Å². The zero-order valence-corrected chi connectivity index (χ0v) is 16.8. The Bertz CT molecular complexity index is 981. The summed E-state index contributed by atoms with van der Waals surface area (Å²) < 4.78 is 0.953. The van der Waals surface area contributed by atoms with Crippen LogP contribution in [-0.2, 0) is 16.0 Å². The van der Waals surface area contributed by atoms with E-state index in [0.29, 0.717) is 17.9 Å². The Hall–Kier alpha value is -2.64. The summed E-state index contributed by atoms with van der Waals surface area (Å²) in [6.45, 7) is 0.298. The molecule has 6 nitrogen and oxygen atoms in total. The largest absolute Gasteiger partial charge is 0.361 e. The highest BCUT2D eigenvalue weighted by Gasteiger charge is 2.12. The van der Waals surface area contributed by atoms with Gasteiger partial charge in [0.05, 0.1) is 13.0 Å². The number of hydrogen-bond donors (Lipinski definition) is 3. The molecule has 0 aliphatic rings. The van der Waals surface area contributed by atoms with Crippen molar-refractivity contribution in [2.45, 2.75) is 6.42 Å². The molecular formula is C20H21BrN4O2. The van der Waals surface area contributed by atoms with Gasteiger partial charge in [-0.1, -0.05) is 28.1 Å². The molecule has 0 unspecified atom stereocenters. The lowest BCUT2D eigenvalue weighted by Crippen LogP contribution is -2.27. The fraction of sp³-hybridized carbons (Fsp3) is 0.200. The summed E-state index contributed by atoms with van der Waals surface area (Å²) in [4.78, 5) is 29.3. The summed E-state index contributed by atoms with van der Waals surface area (Å²) in [5, 5.41) is 6.72. The van der Waals surface area contributed by atoms with Crippen molar-refractivity contribution in [2.75, 3.05) is 31.3 Å². The van der Waals surface area contributed by atoms with Gasteiger partial charge >= 0.3 is 0 Å². The van der Waals surface area contributed by atoms with Gasteiger partial charge in [-0.3, -0.25) is 9.59 Å². The van der Waals surface area contributed by atoms with Crippen LogP contribution >= 0.6 is 15.9 Å². The van der Waals surface area contributed by atoms with Crippen molar-refractivity contribution < 1.29 is 9.59 Å². The summed E-state index contributed by atoms with van der Waals surface area (Å²) in [5.74, 6) is -0.226. The van der Waals surface area contributed by atoms with Crippen LogP contribution in [0.3, 0.4) is 0 Å². The average molecular weight is 429 g/mol. The van der Waals surface area contributed by atoms with E-state index in [0.717, 1.165) is 20.9 Å². The number of fused-ring (bicyclic) bond motifs is 1. The van der Waals surface area contributed by atoms with Crippen LogP contribution in [0.15, 0.2) is 53.1 Å². The third-order valence-corrected chi connectivity index (χ3v) is 4.64. The molecule has 1 heterocycles.